The smallest absolute Gasteiger partial charge is 0.407 e. The Kier molecular flexibility index (Phi) is 6.54. The van der Waals surface area contributed by atoms with Crippen LogP contribution in [0.5, 0.6) is 0 Å². The molecule has 0 bridgehead atoms. The highest BCUT2D eigenvalue weighted by molar-refractivity contribution is 5.69. The first-order valence-corrected chi connectivity index (χ1v) is 8.32. The zero-order valence-electron chi connectivity index (χ0n) is 14.3. The lowest BCUT2D eigenvalue weighted by Gasteiger charge is -2.37. The standard InChI is InChI=1S/C17H26N4O3/c1-13-4-3-5-16(19-13)20-8-6-14(7-9-20)15(18-2)12-21(10-11-22)17(23)24/h3-5,11,14-15,18H,6-10,12H2,1-2H3,(H,23,24). The van der Waals surface area contributed by atoms with Crippen molar-refractivity contribution in [2.75, 3.05) is 38.1 Å². The Morgan fingerprint density at radius 3 is 2.75 bits per heavy atom. The summed E-state index contributed by atoms with van der Waals surface area (Å²) in [5, 5.41) is 12.4. The van der Waals surface area contributed by atoms with Crippen LogP contribution in [-0.2, 0) is 4.79 Å². The van der Waals surface area contributed by atoms with Crippen molar-refractivity contribution in [3.05, 3.63) is 23.9 Å². The van der Waals surface area contributed by atoms with Gasteiger partial charge in [-0.3, -0.25) is 4.90 Å². The van der Waals surface area contributed by atoms with Gasteiger partial charge < -0.3 is 20.1 Å². The second-order valence-electron chi connectivity index (χ2n) is 6.21. The normalized spacial score (nSPS) is 16.7. The number of anilines is 1. The summed E-state index contributed by atoms with van der Waals surface area (Å²) in [6, 6.07) is 6.08. The van der Waals surface area contributed by atoms with Crippen molar-refractivity contribution in [2.45, 2.75) is 25.8 Å². The molecule has 1 aromatic rings. The number of rotatable bonds is 7. The molecule has 0 spiro atoms. The number of hydrogen-bond acceptors (Lipinski definition) is 5. The third kappa shape index (κ3) is 4.67. The zero-order valence-corrected chi connectivity index (χ0v) is 14.3. The summed E-state index contributed by atoms with van der Waals surface area (Å²) in [7, 11) is 1.85. The van der Waals surface area contributed by atoms with Crippen LogP contribution >= 0.6 is 0 Å². The summed E-state index contributed by atoms with van der Waals surface area (Å²) in [6.45, 7) is 4.04. The number of likely N-dealkylation sites (N-methyl/N-ethyl adjacent to an activating group) is 1. The van der Waals surface area contributed by atoms with E-state index in [-0.39, 0.29) is 12.6 Å². The molecule has 1 aliphatic heterocycles. The fourth-order valence-corrected chi connectivity index (χ4v) is 3.27. The molecule has 2 N–H and O–H groups in total. The van der Waals surface area contributed by atoms with Gasteiger partial charge in [0.25, 0.3) is 0 Å². The molecule has 7 heteroatoms. The summed E-state index contributed by atoms with van der Waals surface area (Å²) in [4.78, 5) is 29.9. The van der Waals surface area contributed by atoms with Gasteiger partial charge in [0.2, 0.25) is 0 Å². The molecular weight excluding hydrogens is 308 g/mol. The van der Waals surface area contributed by atoms with Crippen molar-refractivity contribution >= 4 is 18.2 Å². The van der Waals surface area contributed by atoms with Crippen LogP contribution in [0.2, 0.25) is 0 Å². The van der Waals surface area contributed by atoms with Crippen molar-refractivity contribution in [2.24, 2.45) is 5.92 Å². The van der Waals surface area contributed by atoms with Crippen LogP contribution in [0.25, 0.3) is 0 Å². The number of amides is 1. The summed E-state index contributed by atoms with van der Waals surface area (Å²) >= 11 is 0. The van der Waals surface area contributed by atoms with Gasteiger partial charge in [-0.1, -0.05) is 6.07 Å². The van der Waals surface area contributed by atoms with Gasteiger partial charge in [-0.15, -0.1) is 0 Å². The monoisotopic (exact) mass is 334 g/mol. The first-order valence-electron chi connectivity index (χ1n) is 8.32. The molecule has 1 amide bonds. The van der Waals surface area contributed by atoms with Crippen LogP contribution in [0.3, 0.4) is 0 Å². The lowest BCUT2D eigenvalue weighted by atomic mass is 9.89. The van der Waals surface area contributed by atoms with Crippen LogP contribution < -0.4 is 10.2 Å². The van der Waals surface area contributed by atoms with Crippen LogP contribution in [-0.4, -0.2) is 66.6 Å². The van der Waals surface area contributed by atoms with Gasteiger partial charge in [0.15, 0.2) is 0 Å². The summed E-state index contributed by atoms with van der Waals surface area (Å²) in [5.41, 5.74) is 1.01. The fourth-order valence-electron chi connectivity index (χ4n) is 3.27. The average molecular weight is 334 g/mol. The number of nitrogens with one attached hydrogen (secondary N) is 1. The minimum atomic E-state index is -1.05. The summed E-state index contributed by atoms with van der Waals surface area (Å²) in [6.07, 6.45) is 1.52. The maximum absolute atomic E-state index is 11.2. The van der Waals surface area contributed by atoms with Crippen molar-refractivity contribution < 1.29 is 14.7 Å². The van der Waals surface area contributed by atoms with E-state index in [9.17, 15) is 14.7 Å². The number of carboxylic acid groups (broad SMARTS) is 1. The number of carbonyl (C=O) groups excluding carboxylic acids is 1. The minimum absolute atomic E-state index is 0.0497. The molecule has 1 aromatic heterocycles. The molecule has 0 saturated carbocycles. The molecule has 1 aliphatic rings. The van der Waals surface area contributed by atoms with Gasteiger partial charge in [-0.2, -0.15) is 0 Å². The molecule has 132 valence electrons. The first kappa shape index (κ1) is 18.2. The number of hydrogen-bond donors (Lipinski definition) is 2. The predicted octanol–water partition coefficient (Wildman–Crippen LogP) is 1.37. The number of aldehydes is 1. The van der Waals surface area contributed by atoms with Gasteiger partial charge in [0, 0.05) is 31.4 Å². The maximum Gasteiger partial charge on any atom is 0.407 e. The topological polar surface area (TPSA) is 85.8 Å². The second kappa shape index (κ2) is 8.63. The predicted molar refractivity (Wildman–Crippen MR) is 92.4 cm³/mol. The van der Waals surface area contributed by atoms with Gasteiger partial charge in [0.05, 0.1) is 6.54 Å². The Morgan fingerprint density at radius 1 is 1.50 bits per heavy atom. The minimum Gasteiger partial charge on any atom is -0.465 e. The zero-order chi connectivity index (χ0) is 17.5. The molecule has 1 unspecified atom stereocenters. The lowest BCUT2D eigenvalue weighted by molar-refractivity contribution is -0.108. The Bertz CT molecular complexity index is 559. The molecule has 1 atom stereocenters. The van der Waals surface area contributed by atoms with Gasteiger partial charge >= 0.3 is 6.09 Å². The van der Waals surface area contributed by atoms with Crippen LogP contribution in [0.1, 0.15) is 18.5 Å². The lowest BCUT2D eigenvalue weighted by Crippen LogP contribution is -2.49. The number of piperidine rings is 1. The van der Waals surface area contributed by atoms with E-state index >= 15 is 0 Å². The van der Waals surface area contributed by atoms with E-state index in [0.717, 1.165) is 37.4 Å². The van der Waals surface area contributed by atoms with Gasteiger partial charge in [-0.25, -0.2) is 9.78 Å². The average Bonchev–Trinajstić information content (AvgIpc) is 2.58. The Balaban J connectivity index is 1.93. The molecule has 0 radical (unpaired) electrons. The molecule has 1 fully saturated rings. The molecule has 1 saturated heterocycles. The molecular formula is C17H26N4O3. The Labute approximate surface area is 142 Å². The van der Waals surface area contributed by atoms with E-state index in [4.69, 9.17) is 0 Å². The van der Waals surface area contributed by atoms with Crippen molar-refractivity contribution in [3.8, 4) is 0 Å². The quantitative estimate of drug-likeness (QED) is 0.733. The highest BCUT2D eigenvalue weighted by atomic mass is 16.4. The van der Waals surface area contributed by atoms with E-state index in [1.54, 1.807) is 0 Å². The van der Waals surface area contributed by atoms with Crippen molar-refractivity contribution in [3.63, 3.8) is 0 Å². The first-order chi connectivity index (χ1) is 11.5. The third-order valence-electron chi connectivity index (χ3n) is 4.66. The Hall–Kier alpha value is -2.15. The third-order valence-corrected chi connectivity index (χ3v) is 4.66. The number of carbonyl (C=O) groups is 2. The van der Waals surface area contributed by atoms with Crippen LogP contribution in [0.4, 0.5) is 10.6 Å². The summed E-state index contributed by atoms with van der Waals surface area (Å²) in [5.74, 6) is 1.38. The molecule has 2 heterocycles. The van der Waals surface area contributed by atoms with E-state index < -0.39 is 6.09 Å². The number of nitrogens with zero attached hydrogens (tertiary/aromatic N) is 3. The molecule has 7 nitrogen and oxygen atoms in total. The molecule has 0 aliphatic carbocycles. The van der Waals surface area contributed by atoms with Gasteiger partial charge in [-0.05, 0) is 44.9 Å². The maximum atomic E-state index is 11.2. The largest absolute Gasteiger partial charge is 0.465 e. The number of aryl methyl sites for hydroxylation is 1. The van der Waals surface area contributed by atoms with E-state index in [2.05, 4.69) is 15.2 Å². The van der Waals surface area contributed by atoms with Gasteiger partial charge in [0.1, 0.15) is 12.1 Å². The van der Waals surface area contributed by atoms with E-state index in [0.29, 0.717) is 18.7 Å². The molecule has 0 aromatic carbocycles. The summed E-state index contributed by atoms with van der Waals surface area (Å²) < 4.78 is 0. The van der Waals surface area contributed by atoms with Crippen LogP contribution in [0, 0.1) is 12.8 Å². The van der Waals surface area contributed by atoms with Crippen LogP contribution in [0.15, 0.2) is 18.2 Å². The number of aromatic nitrogens is 1. The number of pyridine rings is 1. The SMILES string of the molecule is CNC(CN(CC=O)C(=O)O)C1CCN(c2cccc(C)n2)CC1. The second-order valence-corrected chi connectivity index (χ2v) is 6.21. The van der Waals surface area contributed by atoms with E-state index in [1.165, 1.54) is 4.90 Å². The highest BCUT2D eigenvalue weighted by Crippen LogP contribution is 2.24. The molecule has 2 rings (SSSR count). The van der Waals surface area contributed by atoms with Crippen molar-refractivity contribution in [1.29, 1.82) is 0 Å². The fraction of sp³-hybridized carbons (Fsp3) is 0.588. The molecule has 24 heavy (non-hydrogen) atoms. The highest BCUT2D eigenvalue weighted by Gasteiger charge is 2.28. The van der Waals surface area contributed by atoms with E-state index in [1.807, 2.05) is 32.2 Å². The Morgan fingerprint density at radius 2 is 2.21 bits per heavy atom. The van der Waals surface area contributed by atoms with Crippen molar-refractivity contribution in [1.82, 2.24) is 15.2 Å².